The number of benzene rings is 1. The molecule has 21 heavy (non-hydrogen) atoms. The summed E-state index contributed by atoms with van der Waals surface area (Å²) in [6.45, 7) is -0.0617. The van der Waals surface area contributed by atoms with E-state index in [0.717, 1.165) is 0 Å². The number of aliphatic hydroxyl groups is 1. The van der Waals surface area contributed by atoms with Crippen molar-refractivity contribution in [2.24, 2.45) is 12.0 Å². The van der Waals surface area contributed by atoms with Gasteiger partial charge < -0.3 is 10.2 Å². The molecule has 0 unspecified atom stereocenters. The van der Waals surface area contributed by atoms with E-state index in [4.69, 9.17) is 0 Å². The number of tetrazole rings is 1. The van der Waals surface area contributed by atoms with E-state index in [0.29, 0.717) is 0 Å². The lowest BCUT2D eigenvalue weighted by Gasteiger charge is -2.02. The number of nitro benzene ring substituents is 1. The van der Waals surface area contributed by atoms with Gasteiger partial charge in [0, 0.05) is 23.9 Å². The van der Waals surface area contributed by atoms with Crippen molar-refractivity contribution in [1.29, 1.82) is 0 Å². The number of aliphatic hydroxyl groups excluding tert-OH is 1. The highest BCUT2D eigenvalue weighted by Gasteiger charge is 2.13. The first-order chi connectivity index (χ1) is 9.97. The minimum Gasteiger partial charge on any atom is -0.507 e. The molecule has 1 heterocycles. The first-order valence-corrected chi connectivity index (χ1v) is 5.86. The minimum atomic E-state index is -1.05. The van der Waals surface area contributed by atoms with Crippen molar-refractivity contribution in [2.75, 3.05) is 6.54 Å². The lowest BCUT2D eigenvalue weighted by molar-refractivity contribution is -0.384. The standard InChI is InChI=1S/C11H12N6O4/c1-16-14-11(13-15-16)10(19)6-12-5-7-4-8(17(20)21)2-3-9(7)18/h2-5,10,18-19H,6H2,1H3/t10-/m1/s1. The lowest BCUT2D eigenvalue weighted by atomic mass is 10.2. The zero-order chi connectivity index (χ0) is 15.4. The second kappa shape index (κ2) is 6.05. The highest BCUT2D eigenvalue weighted by molar-refractivity contribution is 5.84. The smallest absolute Gasteiger partial charge is 0.270 e. The predicted octanol–water partition coefficient (Wildman–Crippen LogP) is -0.0236. The van der Waals surface area contributed by atoms with Gasteiger partial charge in [-0.1, -0.05) is 0 Å². The Labute approximate surface area is 118 Å². The summed E-state index contributed by atoms with van der Waals surface area (Å²) in [7, 11) is 1.56. The summed E-state index contributed by atoms with van der Waals surface area (Å²) in [4.78, 5) is 15.2. The van der Waals surface area contributed by atoms with Crippen LogP contribution in [0.3, 0.4) is 0 Å². The van der Waals surface area contributed by atoms with E-state index >= 15 is 0 Å². The minimum absolute atomic E-state index is 0.0617. The largest absolute Gasteiger partial charge is 0.507 e. The second-order valence-corrected chi connectivity index (χ2v) is 4.15. The summed E-state index contributed by atoms with van der Waals surface area (Å²) in [5.74, 6) is -0.0191. The number of aliphatic imine (C=N–C) groups is 1. The van der Waals surface area contributed by atoms with E-state index in [1.165, 1.54) is 29.2 Å². The molecule has 0 spiro atoms. The van der Waals surface area contributed by atoms with Gasteiger partial charge in [-0.3, -0.25) is 15.1 Å². The molecule has 0 fully saturated rings. The molecule has 2 rings (SSSR count). The fourth-order valence-corrected chi connectivity index (χ4v) is 1.52. The molecule has 0 aliphatic rings. The number of hydrogen-bond acceptors (Lipinski definition) is 8. The van der Waals surface area contributed by atoms with Crippen LogP contribution < -0.4 is 0 Å². The molecule has 0 aliphatic carbocycles. The predicted molar refractivity (Wildman–Crippen MR) is 71.0 cm³/mol. The normalized spacial score (nSPS) is 12.7. The number of hydrogen-bond donors (Lipinski definition) is 2. The Morgan fingerprint density at radius 3 is 2.95 bits per heavy atom. The molecule has 0 radical (unpaired) electrons. The van der Waals surface area contributed by atoms with Crippen LogP contribution in [0.1, 0.15) is 17.5 Å². The zero-order valence-electron chi connectivity index (χ0n) is 11.0. The highest BCUT2D eigenvalue weighted by atomic mass is 16.6. The number of phenols is 1. The Morgan fingerprint density at radius 2 is 2.33 bits per heavy atom. The van der Waals surface area contributed by atoms with E-state index in [9.17, 15) is 20.3 Å². The molecule has 1 aromatic heterocycles. The van der Waals surface area contributed by atoms with Crippen molar-refractivity contribution in [3.8, 4) is 5.75 Å². The van der Waals surface area contributed by atoms with Crippen LogP contribution in [0.4, 0.5) is 5.69 Å². The molecular formula is C11H12N6O4. The summed E-state index contributed by atoms with van der Waals surface area (Å²) in [6.07, 6.45) is 0.192. The average molecular weight is 292 g/mol. The SMILES string of the molecule is Cn1nnc([C@H](O)CN=Cc2cc([N+](=O)[O-])ccc2O)n1. The van der Waals surface area contributed by atoms with Gasteiger partial charge >= 0.3 is 0 Å². The topological polar surface area (TPSA) is 140 Å². The van der Waals surface area contributed by atoms with Crippen molar-refractivity contribution in [3.05, 3.63) is 39.7 Å². The van der Waals surface area contributed by atoms with Crippen LogP contribution in [0.15, 0.2) is 23.2 Å². The van der Waals surface area contributed by atoms with Crippen LogP contribution >= 0.6 is 0 Å². The van der Waals surface area contributed by atoms with Crippen molar-refractivity contribution in [1.82, 2.24) is 20.2 Å². The van der Waals surface area contributed by atoms with Gasteiger partial charge in [0.2, 0.25) is 5.82 Å². The van der Waals surface area contributed by atoms with Crippen LogP contribution in [-0.4, -0.2) is 48.1 Å². The third-order valence-corrected chi connectivity index (χ3v) is 2.55. The molecule has 2 aromatic rings. The van der Waals surface area contributed by atoms with Crippen molar-refractivity contribution in [3.63, 3.8) is 0 Å². The van der Waals surface area contributed by atoms with Crippen LogP contribution in [-0.2, 0) is 7.05 Å². The fourth-order valence-electron chi connectivity index (χ4n) is 1.52. The Balaban J connectivity index is 2.07. The van der Waals surface area contributed by atoms with Gasteiger partial charge in [0.05, 0.1) is 18.5 Å². The lowest BCUT2D eigenvalue weighted by Crippen LogP contribution is -2.05. The highest BCUT2D eigenvalue weighted by Crippen LogP contribution is 2.21. The molecule has 10 nitrogen and oxygen atoms in total. The van der Waals surface area contributed by atoms with E-state index < -0.39 is 11.0 Å². The first kappa shape index (κ1) is 14.5. The molecule has 10 heteroatoms. The van der Waals surface area contributed by atoms with Crippen molar-refractivity contribution < 1.29 is 15.1 Å². The number of aromatic hydroxyl groups is 1. The summed E-state index contributed by atoms with van der Waals surface area (Å²) >= 11 is 0. The Kier molecular flexibility index (Phi) is 4.18. The third-order valence-electron chi connectivity index (χ3n) is 2.55. The van der Waals surface area contributed by atoms with Gasteiger partial charge in [-0.2, -0.15) is 4.80 Å². The molecule has 2 N–H and O–H groups in total. The number of nitro groups is 1. The van der Waals surface area contributed by atoms with Gasteiger partial charge in [-0.15, -0.1) is 10.2 Å². The van der Waals surface area contributed by atoms with Gasteiger partial charge in [0.15, 0.2) is 0 Å². The monoisotopic (exact) mass is 292 g/mol. The molecule has 110 valence electrons. The number of nitrogens with zero attached hydrogens (tertiary/aromatic N) is 6. The number of non-ortho nitro benzene ring substituents is 1. The van der Waals surface area contributed by atoms with Crippen molar-refractivity contribution in [2.45, 2.75) is 6.10 Å². The molecule has 0 bridgehead atoms. The number of rotatable bonds is 5. The maximum Gasteiger partial charge on any atom is 0.270 e. The van der Waals surface area contributed by atoms with Crippen LogP contribution in [0.25, 0.3) is 0 Å². The number of phenolic OH excluding ortho intramolecular Hbond substituents is 1. The van der Waals surface area contributed by atoms with Crippen molar-refractivity contribution >= 4 is 11.9 Å². The summed E-state index contributed by atoms with van der Waals surface area (Å²) < 4.78 is 0. The van der Waals surface area contributed by atoms with Gasteiger partial charge in [0.1, 0.15) is 11.9 Å². The Hall–Kier alpha value is -2.88. The molecule has 1 atom stereocenters. The fraction of sp³-hybridized carbons (Fsp3) is 0.273. The molecule has 0 amide bonds. The van der Waals surface area contributed by atoms with E-state index in [-0.39, 0.29) is 29.4 Å². The third kappa shape index (κ3) is 3.57. The quantitative estimate of drug-likeness (QED) is 0.448. The Bertz CT molecular complexity index is 683. The molecule has 0 saturated heterocycles. The number of aryl methyl sites for hydroxylation is 1. The average Bonchev–Trinajstić information content (AvgIpc) is 2.87. The summed E-state index contributed by atoms with van der Waals surface area (Å²) in [5.41, 5.74) is 0.0221. The van der Waals surface area contributed by atoms with Gasteiger partial charge in [-0.05, 0) is 11.3 Å². The zero-order valence-corrected chi connectivity index (χ0v) is 11.0. The van der Waals surface area contributed by atoms with Gasteiger partial charge in [0.25, 0.3) is 5.69 Å². The van der Waals surface area contributed by atoms with Crippen LogP contribution in [0.2, 0.25) is 0 Å². The van der Waals surface area contributed by atoms with E-state index in [2.05, 4.69) is 20.4 Å². The summed E-state index contributed by atoms with van der Waals surface area (Å²) in [6, 6.07) is 3.58. The number of aromatic nitrogens is 4. The van der Waals surface area contributed by atoms with Crippen LogP contribution in [0.5, 0.6) is 5.75 Å². The summed E-state index contributed by atoms with van der Waals surface area (Å²) in [5, 5.41) is 41.0. The maximum atomic E-state index is 10.6. The van der Waals surface area contributed by atoms with Gasteiger partial charge in [-0.25, -0.2) is 0 Å². The van der Waals surface area contributed by atoms with Crippen LogP contribution in [0, 0.1) is 10.1 Å². The molecule has 0 aliphatic heterocycles. The second-order valence-electron chi connectivity index (χ2n) is 4.15. The van der Waals surface area contributed by atoms with E-state index in [1.807, 2.05) is 0 Å². The molecule has 1 aromatic carbocycles. The first-order valence-electron chi connectivity index (χ1n) is 5.86. The maximum absolute atomic E-state index is 10.6. The molecular weight excluding hydrogens is 280 g/mol. The molecule has 0 saturated carbocycles. The Morgan fingerprint density at radius 1 is 1.57 bits per heavy atom. The van der Waals surface area contributed by atoms with E-state index in [1.54, 1.807) is 7.05 Å².